The van der Waals surface area contributed by atoms with Gasteiger partial charge in [-0.25, -0.2) is 0 Å². The summed E-state index contributed by atoms with van der Waals surface area (Å²) in [5.74, 6) is -0.715. The van der Waals surface area contributed by atoms with Gasteiger partial charge in [-0.05, 0) is 12.0 Å². The first-order valence-corrected chi connectivity index (χ1v) is 5.85. The summed E-state index contributed by atoms with van der Waals surface area (Å²) in [6.07, 6.45) is 0.818. The van der Waals surface area contributed by atoms with Crippen LogP contribution in [0.1, 0.15) is 12.0 Å². The van der Waals surface area contributed by atoms with Crippen molar-refractivity contribution in [2.45, 2.75) is 19.0 Å². The molecule has 1 aromatic rings. The number of carbonyl (C=O) groups is 1. The molecule has 2 atom stereocenters. The van der Waals surface area contributed by atoms with Crippen LogP contribution in [0.2, 0.25) is 0 Å². The van der Waals surface area contributed by atoms with E-state index in [0.29, 0.717) is 19.8 Å². The minimum atomic E-state index is -0.795. The van der Waals surface area contributed by atoms with Crippen LogP contribution in [0.15, 0.2) is 30.3 Å². The third kappa shape index (κ3) is 3.28. The smallest absolute Gasteiger partial charge is 0.321 e. The fraction of sp³-hybridized carbons (Fsp3) is 0.462. The molecule has 1 fully saturated rings. The van der Waals surface area contributed by atoms with Crippen molar-refractivity contribution in [2.24, 2.45) is 5.92 Å². The molecule has 0 aromatic heterocycles. The van der Waals surface area contributed by atoms with Crippen molar-refractivity contribution in [2.75, 3.05) is 13.2 Å². The summed E-state index contributed by atoms with van der Waals surface area (Å²) in [4.78, 5) is 11.2. The van der Waals surface area contributed by atoms with Crippen LogP contribution < -0.4 is 5.32 Å². The molecule has 4 heteroatoms. The van der Waals surface area contributed by atoms with Gasteiger partial charge in [-0.2, -0.15) is 0 Å². The summed E-state index contributed by atoms with van der Waals surface area (Å²) in [7, 11) is 0. The maximum Gasteiger partial charge on any atom is 0.321 e. The molecule has 1 heterocycles. The van der Waals surface area contributed by atoms with Gasteiger partial charge in [0.15, 0.2) is 0 Å². The van der Waals surface area contributed by atoms with E-state index in [1.54, 1.807) is 0 Å². The molecule has 1 saturated heterocycles. The Morgan fingerprint density at radius 3 is 2.82 bits per heavy atom. The van der Waals surface area contributed by atoms with Crippen molar-refractivity contribution >= 4 is 5.97 Å². The van der Waals surface area contributed by atoms with Gasteiger partial charge in [-0.15, -0.1) is 0 Å². The second-order valence-corrected chi connectivity index (χ2v) is 4.31. The molecule has 1 aliphatic rings. The first kappa shape index (κ1) is 12.1. The number of benzene rings is 1. The van der Waals surface area contributed by atoms with Crippen molar-refractivity contribution in [3.63, 3.8) is 0 Å². The maximum atomic E-state index is 11.2. The van der Waals surface area contributed by atoms with E-state index in [2.05, 4.69) is 5.32 Å². The lowest BCUT2D eigenvalue weighted by Gasteiger charge is -2.19. The SMILES string of the molecule is O=C(O)C(NCc1ccccc1)C1CCOC1. The molecule has 0 saturated carbocycles. The molecule has 92 valence electrons. The zero-order valence-electron chi connectivity index (χ0n) is 9.63. The van der Waals surface area contributed by atoms with E-state index in [1.807, 2.05) is 30.3 Å². The second-order valence-electron chi connectivity index (χ2n) is 4.31. The molecule has 0 radical (unpaired) electrons. The highest BCUT2D eigenvalue weighted by Gasteiger charge is 2.30. The van der Waals surface area contributed by atoms with Crippen molar-refractivity contribution in [1.82, 2.24) is 5.32 Å². The van der Waals surface area contributed by atoms with Gasteiger partial charge in [0.2, 0.25) is 0 Å². The minimum Gasteiger partial charge on any atom is -0.480 e. The summed E-state index contributed by atoms with van der Waals surface area (Å²) in [5.41, 5.74) is 1.10. The molecule has 1 aromatic carbocycles. The van der Waals surface area contributed by atoms with E-state index in [-0.39, 0.29) is 5.92 Å². The van der Waals surface area contributed by atoms with Gasteiger partial charge in [-0.1, -0.05) is 30.3 Å². The summed E-state index contributed by atoms with van der Waals surface area (Å²) < 4.78 is 5.24. The van der Waals surface area contributed by atoms with Crippen LogP contribution >= 0.6 is 0 Å². The highest BCUT2D eigenvalue weighted by molar-refractivity contribution is 5.74. The van der Waals surface area contributed by atoms with Gasteiger partial charge in [0.1, 0.15) is 6.04 Å². The topological polar surface area (TPSA) is 58.6 Å². The van der Waals surface area contributed by atoms with Crippen molar-refractivity contribution in [3.8, 4) is 0 Å². The Balaban J connectivity index is 1.92. The lowest BCUT2D eigenvalue weighted by Crippen LogP contribution is -2.42. The number of hydrogen-bond donors (Lipinski definition) is 2. The van der Waals surface area contributed by atoms with Crippen LogP contribution in [0, 0.1) is 5.92 Å². The average molecular weight is 235 g/mol. The third-order valence-electron chi connectivity index (χ3n) is 3.07. The summed E-state index contributed by atoms with van der Waals surface area (Å²) in [5, 5.41) is 12.3. The first-order chi connectivity index (χ1) is 8.27. The molecule has 2 unspecified atom stereocenters. The highest BCUT2D eigenvalue weighted by atomic mass is 16.5. The van der Waals surface area contributed by atoms with E-state index >= 15 is 0 Å². The van der Waals surface area contributed by atoms with Gasteiger partial charge in [0.25, 0.3) is 0 Å². The van der Waals surface area contributed by atoms with Crippen molar-refractivity contribution in [3.05, 3.63) is 35.9 Å². The summed E-state index contributed by atoms with van der Waals surface area (Å²) >= 11 is 0. The maximum absolute atomic E-state index is 11.2. The Labute approximate surface area is 101 Å². The zero-order chi connectivity index (χ0) is 12.1. The number of rotatable bonds is 5. The molecule has 0 amide bonds. The van der Waals surface area contributed by atoms with Gasteiger partial charge >= 0.3 is 5.97 Å². The van der Waals surface area contributed by atoms with Gasteiger partial charge in [0, 0.05) is 19.1 Å². The van der Waals surface area contributed by atoms with E-state index in [1.165, 1.54) is 0 Å². The molecule has 1 aliphatic heterocycles. The Morgan fingerprint density at radius 2 is 2.24 bits per heavy atom. The van der Waals surface area contributed by atoms with Crippen LogP contribution in [0.25, 0.3) is 0 Å². The quantitative estimate of drug-likeness (QED) is 0.806. The monoisotopic (exact) mass is 235 g/mol. The number of nitrogens with one attached hydrogen (secondary N) is 1. The van der Waals surface area contributed by atoms with Crippen LogP contribution in [-0.2, 0) is 16.1 Å². The van der Waals surface area contributed by atoms with Crippen LogP contribution in [0.3, 0.4) is 0 Å². The normalized spacial score (nSPS) is 21.3. The zero-order valence-corrected chi connectivity index (χ0v) is 9.63. The fourth-order valence-electron chi connectivity index (χ4n) is 2.09. The second kappa shape index (κ2) is 5.80. The molecule has 4 nitrogen and oxygen atoms in total. The molecule has 0 bridgehead atoms. The van der Waals surface area contributed by atoms with Crippen LogP contribution in [0.4, 0.5) is 0 Å². The lowest BCUT2D eigenvalue weighted by atomic mass is 9.99. The largest absolute Gasteiger partial charge is 0.480 e. The van der Waals surface area contributed by atoms with Gasteiger partial charge < -0.3 is 9.84 Å². The molecule has 0 aliphatic carbocycles. The highest BCUT2D eigenvalue weighted by Crippen LogP contribution is 2.17. The van der Waals surface area contributed by atoms with Gasteiger partial charge in [0.05, 0.1) is 6.61 Å². The van der Waals surface area contributed by atoms with Crippen molar-refractivity contribution < 1.29 is 14.6 Å². The summed E-state index contributed by atoms with van der Waals surface area (Å²) in [6, 6.07) is 9.30. The number of carboxylic acid groups (broad SMARTS) is 1. The minimum absolute atomic E-state index is 0.0798. The van der Waals surface area contributed by atoms with E-state index in [0.717, 1.165) is 12.0 Å². The number of hydrogen-bond acceptors (Lipinski definition) is 3. The van der Waals surface area contributed by atoms with Crippen LogP contribution in [-0.4, -0.2) is 30.3 Å². The molecular formula is C13H17NO3. The number of carboxylic acids is 1. The Kier molecular flexibility index (Phi) is 4.12. The number of aliphatic carboxylic acids is 1. The number of ether oxygens (including phenoxy) is 1. The fourth-order valence-corrected chi connectivity index (χ4v) is 2.09. The van der Waals surface area contributed by atoms with E-state index < -0.39 is 12.0 Å². The molecular weight excluding hydrogens is 218 g/mol. The summed E-state index contributed by atoms with van der Waals surface area (Å²) in [6.45, 7) is 1.79. The predicted octanol–water partition coefficient (Wildman–Crippen LogP) is 1.27. The Morgan fingerprint density at radius 1 is 1.47 bits per heavy atom. The molecule has 2 N–H and O–H groups in total. The predicted molar refractivity (Wildman–Crippen MR) is 63.6 cm³/mol. The molecule has 0 spiro atoms. The third-order valence-corrected chi connectivity index (χ3v) is 3.07. The van der Waals surface area contributed by atoms with Crippen LogP contribution in [0.5, 0.6) is 0 Å². The van der Waals surface area contributed by atoms with E-state index in [9.17, 15) is 9.90 Å². The van der Waals surface area contributed by atoms with Gasteiger partial charge in [-0.3, -0.25) is 10.1 Å². The Bertz CT molecular complexity index is 360. The first-order valence-electron chi connectivity index (χ1n) is 5.85. The molecule has 17 heavy (non-hydrogen) atoms. The Hall–Kier alpha value is -1.39. The average Bonchev–Trinajstić information content (AvgIpc) is 2.84. The van der Waals surface area contributed by atoms with E-state index in [4.69, 9.17) is 4.74 Å². The molecule has 2 rings (SSSR count). The van der Waals surface area contributed by atoms with Crippen molar-refractivity contribution in [1.29, 1.82) is 0 Å². The standard InChI is InChI=1S/C13H17NO3/c15-13(16)12(11-6-7-17-9-11)14-8-10-4-2-1-3-5-10/h1-5,11-12,14H,6-9H2,(H,15,16). The lowest BCUT2D eigenvalue weighted by molar-refractivity contribution is -0.141.